The Bertz CT molecular complexity index is 447. The summed E-state index contributed by atoms with van der Waals surface area (Å²) in [5.74, 6) is 0. The second-order valence-corrected chi connectivity index (χ2v) is 7.67. The summed E-state index contributed by atoms with van der Waals surface area (Å²) in [6, 6.07) is 10.1. The lowest BCUT2D eigenvalue weighted by molar-refractivity contribution is 0.135. The molecule has 2 unspecified atom stereocenters. The molecule has 1 N–H and O–H groups in total. The van der Waals surface area contributed by atoms with Crippen molar-refractivity contribution in [2.75, 3.05) is 20.1 Å². The zero-order valence-corrected chi connectivity index (χ0v) is 14.4. The lowest BCUT2D eigenvalue weighted by Gasteiger charge is -2.38. The van der Waals surface area contributed by atoms with Crippen molar-refractivity contribution in [1.82, 2.24) is 10.2 Å². The third-order valence-electron chi connectivity index (χ3n) is 4.43. The molecular weight excluding hydrogens is 256 g/mol. The first-order chi connectivity index (χ1) is 9.92. The van der Waals surface area contributed by atoms with Crippen LogP contribution in [0.3, 0.4) is 0 Å². The van der Waals surface area contributed by atoms with Gasteiger partial charge in [-0.15, -0.1) is 0 Å². The van der Waals surface area contributed by atoms with Crippen LogP contribution in [0.2, 0.25) is 0 Å². The Labute approximate surface area is 130 Å². The molecule has 0 aromatic heterocycles. The van der Waals surface area contributed by atoms with Crippen LogP contribution in [-0.4, -0.2) is 31.1 Å². The van der Waals surface area contributed by atoms with Crippen molar-refractivity contribution in [3.8, 4) is 0 Å². The Hall–Kier alpha value is -0.860. The van der Waals surface area contributed by atoms with E-state index in [4.69, 9.17) is 0 Å². The maximum absolute atomic E-state index is 3.76. The van der Waals surface area contributed by atoms with Gasteiger partial charge in [-0.3, -0.25) is 0 Å². The van der Waals surface area contributed by atoms with E-state index in [1.54, 1.807) is 0 Å². The Morgan fingerprint density at radius 1 is 1.24 bits per heavy atom. The predicted octanol–water partition coefficient (Wildman–Crippen LogP) is 4.02. The van der Waals surface area contributed by atoms with Gasteiger partial charge < -0.3 is 10.2 Å². The fourth-order valence-corrected chi connectivity index (χ4v) is 3.75. The van der Waals surface area contributed by atoms with Crippen molar-refractivity contribution in [1.29, 1.82) is 0 Å². The number of hydrogen-bond donors (Lipinski definition) is 1. The lowest BCUT2D eigenvalue weighted by Crippen LogP contribution is -2.45. The minimum Gasteiger partial charge on any atom is -0.309 e. The van der Waals surface area contributed by atoms with Crippen LogP contribution in [0.5, 0.6) is 0 Å². The molecule has 0 heterocycles. The summed E-state index contributed by atoms with van der Waals surface area (Å²) < 4.78 is 0. The molecule has 0 bridgehead atoms. The van der Waals surface area contributed by atoms with E-state index in [0.29, 0.717) is 17.5 Å². The molecule has 2 heteroatoms. The molecule has 0 amide bonds. The van der Waals surface area contributed by atoms with E-state index >= 15 is 0 Å². The molecule has 0 spiro atoms. The Balaban J connectivity index is 2.27. The maximum Gasteiger partial charge on any atom is 0.0480 e. The van der Waals surface area contributed by atoms with Crippen molar-refractivity contribution in [2.45, 2.75) is 59.0 Å². The lowest BCUT2D eigenvalue weighted by atomic mass is 9.91. The Kier molecular flexibility index (Phi) is 5.45. The molecule has 1 aromatic carbocycles. The molecule has 1 aliphatic rings. The molecule has 0 radical (unpaired) electrons. The average Bonchev–Trinajstić information content (AvgIpc) is 2.57. The average molecular weight is 288 g/mol. The van der Waals surface area contributed by atoms with E-state index < -0.39 is 0 Å². The number of nitrogens with zero attached hydrogens (tertiary/aromatic N) is 1. The smallest absolute Gasteiger partial charge is 0.0480 e. The first kappa shape index (κ1) is 16.5. The van der Waals surface area contributed by atoms with Crippen molar-refractivity contribution in [3.63, 3.8) is 0 Å². The van der Waals surface area contributed by atoms with E-state index in [1.807, 2.05) is 0 Å². The van der Waals surface area contributed by atoms with Gasteiger partial charge in [0.05, 0.1) is 0 Å². The molecule has 1 aliphatic carbocycles. The summed E-state index contributed by atoms with van der Waals surface area (Å²) in [6.07, 6.45) is 3.79. The highest BCUT2D eigenvalue weighted by molar-refractivity contribution is 5.32. The van der Waals surface area contributed by atoms with E-state index in [0.717, 1.165) is 13.1 Å². The van der Waals surface area contributed by atoms with Crippen LogP contribution in [0.1, 0.15) is 57.7 Å². The topological polar surface area (TPSA) is 15.3 Å². The number of fused-ring (bicyclic) bond motifs is 1. The Morgan fingerprint density at radius 2 is 1.95 bits per heavy atom. The molecule has 2 nitrogen and oxygen atoms in total. The van der Waals surface area contributed by atoms with E-state index in [2.05, 4.69) is 69.2 Å². The SMILES string of the molecule is CCNC1c2ccccc2CCCC1N(C)CC(C)(C)C. The van der Waals surface area contributed by atoms with Gasteiger partial charge in [-0.2, -0.15) is 0 Å². The third-order valence-corrected chi connectivity index (χ3v) is 4.43. The zero-order valence-electron chi connectivity index (χ0n) is 14.4. The normalized spacial score (nSPS) is 23.0. The van der Waals surface area contributed by atoms with Crippen molar-refractivity contribution < 1.29 is 0 Å². The highest BCUT2D eigenvalue weighted by Gasteiger charge is 2.31. The second kappa shape index (κ2) is 6.93. The number of aryl methyl sites for hydroxylation is 1. The van der Waals surface area contributed by atoms with Gasteiger partial charge in [0.25, 0.3) is 0 Å². The van der Waals surface area contributed by atoms with Crippen molar-refractivity contribution in [2.24, 2.45) is 5.41 Å². The van der Waals surface area contributed by atoms with Crippen LogP contribution in [0.15, 0.2) is 24.3 Å². The zero-order chi connectivity index (χ0) is 15.5. The number of benzene rings is 1. The number of likely N-dealkylation sites (N-methyl/N-ethyl adjacent to an activating group) is 2. The van der Waals surface area contributed by atoms with Crippen LogP contribution in [-0.2, 0) is 6.42 Å². The van der Waals surface area contributed by atoms with E-state index in [1.165, 1.54) is 30.4 Å². The first-order valence-corrected chi connectivity index (χ1v) is 8.44. The predicted molar refractivity (Wildman–Crippen MR) is 91.7 cm³/mol. The first-order valence-electron chi connectivity index (χ1n) is 8.44. The number of rotatable bonds is 4. The number of hydrogen-bond acceptors (Lipinski definition) is 2. The summed E-state index contributed by atoms with van der Waals surface area (Å²) in [5, 5.41) is 3.76. The summed E-state index contributed by atoms with van der Waals surface area (Å²) in [7, 11) is 2.30. The molecule has 118 valence electrons. The summed E-state index contributed by atoms with van der Waals surface area (Å²) in [6.45, 7) is 11.4. The summed E-state index contributed by atoms with van der Waals surface area (Å²) >= 11 is 0. The Morgan fingerprint density at radius 3 is 2.62 bits per heavy atom. The van der Waals surface area contributed by atoms with Gasteiger partial charge in [0, 0.05) is 18.6 Å². The molecule has 1 aromatic rings. The number of nitrogens with one attached hydrogen (secondary N) is 1. The molecule has 2 atom stereocenters. The highest BCUT2D eigenvalue weighted by atomic mass is 15.2. The van der Waals surface area contributed by atoms with Crippen LogP contribution >= 0.6 is 0 Å². The molecule has 0 saturated heterocycles. The van der Waals surface area contributed by atoms with Gasteiger partial charge in [0.1, 0.15) is 0 Å². The van der Waals surface area contributed by atoms with Gasteiger partial charge in [-0.05, 0) is 49.4 Å². The highest BCUT2D eigenvalue weighted by Crippen LogP contribution is 2.32. The van der Waals surface area contributed by atoms with Crippen LogP contribution in [0.4, 0.5) is 0 Å². The van der Waals surface area contributed by atoms with Gasteiger partial charge >= 0.3 is 0 Å². The van der Waals surface area contributed by atoms with Gasteiger partial charge in [0.15, 0.2) is 0 Å². The molecule has 0 aliphatic heterocycles. The monoisotopic (exact) mass is 288 g/mol. The third kappa shape index (κ3) is 4.31. The second-order valence-electron chi connectivity index (χ2n) is 7.67. The van der Waals surface area contributed by atoms with Gasteiger partial charge in [0.2, 0.25) is 0 Å². The fourth-order valence-electron chi connectivity index (χ4n) is 3.75. The molecular formula is C19H32N2. The van der Waals surface area contributed by atoms with Crippen LogP contribution in [0, 0.1) is 5.41 Å². The van der Waals surface area contributed by atoms with Crippen molar-refractivity contribution >= 4 is 0 Å². The van der Waals surface area contributed by atoms with Crippen LogP contribution < -0.4 is 5.32 Å². The standard InChI is InChI=1S/C19H32N2/c1-6-20-18-16-12-8-7-10-15(16)11-9-13-17(18)21(5)14-19(2,3)4/h7-8,10,12,17-18,20H,6,9,11,13-14H2,1-5H3. The van der Waals surface area contributed by atoms with Crippen LogP contribution in [0.25, 0.3) is 0 Å². The molecule has 0 fully saturated rings. The molecule has 2 rings (SSSR count). The summed E-state index contributed by atoms with van der Waals surface area (Å²) in [4.78, 5) is 2.58. The van der Waals surface area contributed by atoms with E-state index in [9.17, 15) is 0 Å². The van der Waals surface area contributed by atoms with E-state index in [-0.39, 0.29) is 0 Å². The minimum atomic E-state index is 0.345. The van der Waals surface area contributed by atoms with Gasteiger partial charge in [-0.1, -0.05) is 52.0 Å². The summed E-state index contributed by atoms with van der Waals surface area (Å²) in [5.41, 5.74) is 3.40. The largest absolute Gasteiger partial charge is 0.309 e. The maximum atomic E-state index is 3.76. The fraction of sp³-hybridized carbons (Fsp3) is 0.684. The van der Waals surface area contributed by atoms with Crippen molar-refractivity contribution in [3.05, 3.63) is 35.4 Å². The van der Waals surface area contributed by atoms with Gasteiger partial charge in [-0.25, -0.2) is 0 Å². The molecule has 21 heavy (non-hydrogen) atoms. The molecule has 0 saturated carbocycles. The minimum absolute atomic E-state index is 0.345. The quantitative estimate of drug-likeness (QED) is 0.842.